The minimum absolute atomic E-state index is 0.0430. The monoisotopic (exact) mass is 354 g/mol. The zero-order chi connectivity index (χ0) is 18.7. The lowest BCUT2D eigenvalue weighted by Gasteiger charge is -2.33. The molecule has 1 heterocycles. The van der Waals surface area contributed by atoms with E-state index >= 15 is 0 Å². The highest BCUT2D eigenvalue weighted by molar-refractivity contribution is 6.01. The number of ether oxygens (including phenoxy) is 3. The van der Waals surface area contributed by atoms with Crippen molar-refractivity contribution in [3.8, 4) is 11.5 Å². The molecule has 0 aromatic heterocycles. The minimum Gasteiger partial charge on any atom is -0.496 e. The number of rotatable bonds is 5. The zero-order valence-corrected chi connectivity index (χ0v) is 15.2. The van der Waals surface area contributed by atoms with Crippen LogP contribution in [0.1, 0.15) is 46.5 Å². The van der Waals surface area contributed by atoms with Crippen LogP contribution in [0.2, 0.25) is 0 Å². The van der Waals surface area contributed by atoms with Crippen LogP contribution in [0.3, 0.4) is 0 Å². The Balaban J connectivity index is 1.80. The summed E-state index contributed by atoms with van der Waals surface area (Å²) in [5.41, 5.74) is 1.22. The van der Waals surface area contributed by atoms with Crippen molar-refractivity contribution >= 4 is 11.8 Å². The number of hydrogen-bond acceptors (Lipinski definition) is 5. The van der Waals surface area contributed by atoms with Gasteiger partial charge in [-0.3, -0.25) is 4.79 Å². The number of Topliss-reactive ketones (excluding diaryl/α,β-unsaturated/α-hetero) is 1. The molecular formula is C21H22O5. The summed E-state index contributed by atoms with van der Waals surface area (Å²) < 4.78 is 16.9. The molecule has 2 aromatic carbocycles. The number of ketones is 1. The van der Waals surface area contributed by atoms with Crippen molar-refractivity contribution in [3.05, 3.63) is 59.2 Å². The molecule has 5 heteroatoms. The van der Waals surface area contributed by atoms with Gasteiger partial charge in [-0.05, 0) is 38.1 Å². The highest BCUT2D eigenvalue weighted by Crippen LogP contribution is 2.40. The van der Waals surface area contributed by atoms with Crippen LogP contribution in [-0.2, 0) is 11.2 Å². The Kier molecular flexibility index (Phi) is 4.98. The summed E-state index contributed by atoms with van der Waals surface area (Å²) in [6, 6.07) is 12.3. The van der Waals surface area contributed by atoms with Crippen LogP contribution >= 0.6 is 0 Å². The topological polar surface area (TPSA) is 61.8 Å². The molecule has 0 amide bonds. The smallest absolute Gasteiger partial charge is 0.338 e. The summed E-state index contributed by atoms with van der Waals surface area (Å²) in [5, 5.41) is 0. The Morgan fingerprint density at radius 2 is 1.88 bits per heavy atom. The maximum Gasteiger partial charge on any atom is 0.338 e. The first-order chi connectivity index (χ1) is 12.4. The first kappa shape index (κ1) is 18.0. The van der Waals surface area contributed by atoms with Crippen molar-refractivity contribution in [3.63, 3.8) is 0 Å². The van der Waals surface area contributed by atoms with Gasteiger partial charge in [0, 0.05) is 12.0 Å². The number of carbonyl (C=O) groups is 2. The molecule has 1 aliphatic heterocycles. The highest BCUT2D eigenvalue weighted by Gasteiger charge is 2.34. The summed E-state index contributed by atoms with van der Waals surface area (Å²) >= 11 is 0. The van der Waals surface area contributed by atoms with Gasteiger partial charge in [-0.2, -0.15) is 0 Å². The molecule has 0 radical (unpaired) electrons. The van der Waals surface area contributed by atoms with Crippen molar-refractivity contribution in [2.24, 2.45) is 0 Å². The minimum atomic E-state index is -0.577. The van der Waals surface area contributed by atoms with Gasteiger partial charge < -0.3 is 14.2 Å². The molecule has 0 saturated carbocycles. The fraction of sp³-hybridized carbons (Fsp3) is 0.333. The van der Waals surface area contributed by atoms with Gasteiger partial charge in [0.05, 0.1) is 31.3 Å². The van der Waals surface area contributed by atoms with Crippen LogP contribution in [0, 0.1) is 0 Å². The van der Waals surface area contributed by atoms with Crippen LogP contribution in [0.5, 0.6) is 11.5 Å². The third-order valence-electron chi connectivity index (χ3n) is 4.30. The normalized spacial score (nSPS) is 15.0. The predicted octanol–water partition coefficient (Wildman–Crippen LogP) is 3.84. The molecule has 0 spiro atoms. The van der Waals surface area contributed by atoms with E-state index in [0.29, 0.717) is 35.5 Å². The van der Waals surface area contributed by atoms with E-state index in [0.717, 1.165) is 5.56 Å². The quantitative estimate of drug-likeness (QED) is 0.764. The Hall–Kier alpha value is -2.82. The average molecular weight is 354 g/mol. The first-order valence-electron chi connectivity index (χ1n) is 8.55. The largest absolute Gasteiger partial charge is 0.496 e. The molecule has 0 aliphatic carbocycles. The summed E-state index contributed by atoms with van der Waals surface area (Å²) in [5.74, 6) is 0.805. The van der Waals surface area contributed by atoms with Crippen molar-refractivity contribution < 1.29 is 23.8 Å². The molecule has 0 atom stereocenters. The number of esters is 1. The molecule has 0 unspecified atom stereocenters. The van der Waals surface area contributed by atoms with E-state index in [1.165, 1.54) is 0 Å². The molecule has 0 saturated heterocycles. The van der Waals surface area contributed by atoms with Crippen molar-refractivity contribution in [2.75, 3.05) is 13.7 Å². The number of fused-ring (bicyclic) bond motifs is 1. The maximum atomic E-state index is 12.4. The summed E-state index contributed by atoms with van der Waals surface area (Å²) in [6.07, 6.45) is 0.725. The third kappa shape index (κ3) is 3.72. The average Bonchev–Trinajstić information content (AvgIpc) is 2.61. The molecule has 5 nitrogen and oxygen atoms in total. The Morgan fingerprint density at radius 1 is 1.15 bits per heavy atom. The van der Waals surface area contributed by atoms with Gasteiger partial charge in [-0.15, -0.1) is 0 Å². The second-order valence-electron chi connectivity index (χ2n) is 6.84. The van der Waals surface area contributed by atoms with Gasteiger partial charge >= 0.3 is 5.97 Å². The number of hydrogen-bond donors (Lipinski definition) is 0. The Labute approximate surface area is 152 Å². The summed E-state index contributed by atoms with van der Waals surface area (Å²) in [4.78, 5) is 24.5. The van der Waals surface area contributed by atoms with Gasteiger partial charge in [0.2, 0.25) is 0 Å². The van der Waals surface area contributed by atoms with Gasteiger partial charge in [0.15, 0.2) is 5.78 Å². The van der Waals surface area contributed by atoms with Crippen molar-refractivity contribution in [1.29, 1.82) is 0 Å². The molecule has 3 rings (SSSR count). The van der Waals surface area contributed by atoms with Crippen LogP contribution in [-0.4, -0.2) is 31.1 Å². The maximum absolute atomic E-state index is 12.4. The third-order valence-corrected chi connectivity index (χ3v) is 4.30. The molecule has 0 N–H and O–H groups in total. The van der Waals surface area contributed by atoms with Crippen LogP contribution in [0.4, 0.5) is 0 Å². The van der Waals surface area contributed by atoms with E-state index in [4.69, 9.17) is 14.2 Å². The number of benzene rings is 2. The van der Waals surface area contributed by atoms with Gasteiger partial charge in [0.1, 0.15) is 17.1 Å². The fourth-order valence-electron chi connectivity index (χ4n) is 3.07. The summed E-state index contributed by atoms with van der Waals surface area (Å²) in [6.45, 7) is 3.93. The van der Waals surface area contributed by atoms with Crippen molar-refractivity contribution in [2.45, 2.75) is 32.3 Å². The molecule has 26 heavy (non-hydrogen) atoms. The number of carbonyl (C=O) groups excluding carboxylic acids is 2. The Morgan fingerprint density at radius 3 is 2.58 bits per heavy atom. The van der Waals surface area contributed by atoms with Gasteiger partial charge in [-0.1, -0.05) is 18.2 Å². The van der Waals surface area contributed by atoms with Gasteiger partial charge in [0.25, 0.3) is 0 Å². The SMILES string of the molecule is COc1ccc2c(c1CCOC(=O)c1ccccc1)OC(C)(C)CC2=O. The lowest BCUT2D eigenvalue weighted by molar-refractivity contribution is 0.0494. The van der Waals surface area contributed by atoms with Crippen LogP contribution in [0.15, 0.2) is 42.5 Å². The lowest BCUT2D eigenvalue weighted by atomic mass is 9.90. The first-order valence-corrected chi connectivity index (χ1v) is 8.55. The van der Waals surface area contributed by atoms with E-state index in [1.54, 1.807) is 43.5 Å². The fourth-order valence-corrected chi connectivity index (χ4v) is 3.07. The lowest BCUT2D eigenvalue weighted by Crippen LogP contribution is -2.36. The molecule has 136 valence electrons. The van der Waals surface area contributed by atoms with Crippen molar-refractivity contribution in [1.82, 2.24) is 0 Å². The summed E-state index contributed by atoms with van der Waals surface area (Å²) in [7, 11) is 1.57. The van der Waals surface area contributed by atoms with E-state index in [2.05, 4.69) is 0 Å². The zero-order valence-electron chi connectivity index (χ0n) is 15.2. The van der Waals surface area contributed by atoms with E-state index in [-0.39, 0.29) is 18.4 Å². The molecular weight excluding hydrogens is 332 g/mol. The van der Waals surface area contributed by atoms with E-state index < -0.39 is 5.60 Å². The molecule has 2 aromatic rings. The van der Waals surface area contributed by atoms with E-state index in [9.17, 15) is 9.59 Å². The second-order valence-corrected chi connectivity index (χ2v) is 6.84. The molecule has 1 aliphatic rings. The predicted molar refractivity (Wildman–Crippen MR) is 97.1 cm³/mol. The van der Waals surface area contributed by atoms with Crippen LogP contribution in [0.25, 0.3) is 0 Å². The molecule has 0 bridgehead atoms. The standard InChI is InChI=1S/C21H22O5/c1-21(2)13-17(22)15-9-10-18(24-3)16(19(15)26-21)11-12-25-20(23)14-7-5-4-6-8-14/h4-10H,11-13H2,1-3H3. The van der Waals surface area contributed by atoms with E-state index in [1.807, 2.05) is 19.9 Å². The Bertz CT molecular complexity index is 824. The second kappa shape index (κ2) is 7.20. The van der Waals surface area contributed by atoms with Gasteiger partial charge in [-0.25, -0.2) is 4.79 Å². The highest BCUT2D eigenvalue weighted by atomic mass is 16.5. The molecule has 0 fully saturated rings. The van der Waals surface area contributed by atoms with Crippen LogP contribution < -0.4 is 9.47 Å². The number of methoxy groups -OCH3 is 1.